The number of aliphatic hydroxyl groups is 1. The molecule has 0 atom stereocenters. The van der Waals surface area contributed by atoms with Gasteiger partial charge in [-0.15, -0.1) is 0 Å². The molecule has 80 valence electrons. The lowest BCUT2D eigenvalue weighted by atomic mass is 10.1. The van der Waals surface area contributed by atoms with Gasteiger partial charge in [0.25, 0.3) is 0 Å². The summed E-state index contributed by atoms with van der Waals surface area (Å²) in [6.07, 6.45) is 0. The molecule has 3 nitrogen and oxygen atoms in total. The molecule has 0 amide bonds. The molecule has 0 saturated heterocycles. The third-order valence-electron chi connectivity index (χ3n) is 2.81. The highest BCUT2D eigenvalue weighted by Crippen LogP contribution is 2.27. The fourth-order valence-electron chi connectivity index (χ4n) is 2.00. The second kappa shape index (κ2) is 3.32. The van der Waals surface area contributed by atoms with Crippen molar-refractivity contribution in [2.75, 3.05) is 0 Å². The number of rotatable bonds is 1. The van der Waals surface area contributed by atoms with Crippen molar-refractivity contribution in [3.05, 3.63) is 41.7 Å². The number of aromatic nitrogens is 1. The van der Waals surface area contributed by atoms with Gasteiger partial charge in [0.1, 0.15) is 17.9 Å². The van der Waals surface area contributed by atoms with Crippen LogP contribution in [0.3, 0.4) is 0 Å². The summed E-state index contributed by atoms with van der Waals surface area (Å²) in [7, 11) is 0. The van der Waals surface area contributed by atoms with Crippen LogP contribution in [0.4, 0.5) is 0 Å². The molecule has 0 aliphatic carbocycles. The highest BCUT2D eigenvalue weighted by atomic mass is 16.4. The van der Waals surface area contributed by atoms with E-state index in [0.717, 1.165) is 27.6 Å². The van der Waals surface area contributed by atoms with Crippen molar-refractivity contribution < 1.29 is 9.52 Å². The fourth-order valence-corrected chi connectivity index (χ4v) is 2.00. The van der Waals surface area contributed by atoms with E-state index in [1.54, 1.807) is 6.07 Å². The monoisotopic (exact) mass is 213 g/mol. The van der Waals surface area contributed by atoms with E-state index in [9.17, 15) is 0 Å². The Morgan fingerprint density at radius 3 is 2.88 bits per heavy atom. The van der Waals surface area contributed by atoms with E-state index in [2.05, 4.69) is 4.98 Å². The Bertz CT molecular complexity index is 670. The van der Waals surface area contributed by atoms with E-state index in [0.29, 0.717) is 5.76 Å². The van der Waals surface area contributed by atoms with Gasteiger partial charge in [-0.2, -0.15) is 0 Å². The Kier molecular flexibility index (Phi) is 1.94. The number of pyridine rings is 1. The number of para-hydroxylation sites is 1. The number of aliphatic hydroxyl groups excluding tert-OH is 1. The van der Waals surface area contributed by atoms with Crippen LogP contribution in [0.25, 0.3) is 22.0 Å². The average Bonchev–Trinajstić information content (AvgIpc) is 2.73. The number of benzene rings is 1. The molecule has 0 unspecified atom stereocenters. The van der Waals surface area contributed by atoms with Crippen LogP contribution in [0, 0.1) is 6.92 Å². The summed E-state index contributed by atoms with van der Waals surface area (Å²) in [6, 6.07) is 9.74. The van der Waals surface area contributed by atoms with Crippen LogP contribution in [-0.4, -0.2) is 10.1 Å². The molecule has 0 aliphatic heterocycles. The maximum Gasteiger partial charge on any atom is 0.156 e. The van der Waals surface area contributed by atoms with Crippen LogP contribution in [0.1, 0.15) is 11.3 Å². The second-order valence-electron chi connectivity index (χ2n) is 3.84. The zero-order valence-electron chi connectivity index (χ0n) is 8.90. The van der Waals surface area contributed by atoms with E-state index in [1.807, 2.05) is 31.2 Å². The van der Waals surface area contributed by atoms with Gasteiger partial charge in [-0.1, -0.05) is 18.2 Å². The number of furan rings is 1. The van der Waals surface area contributed by atoms with Crippen LogP contribution < -0.4 is 0 Å². The highest BCUT2D eigenvalue weighted by Gasteiger charge is 2.10. The molecule has 0 radical (unpaired) electrons. The van der Waals surface area contributed by atoms with E-state index in [-0.39, 0.29) is 6.61 Å². The van der Waals surface area contributed by atoms with Crippen LogP contribution in [0.5, 0.6) is 0 Å². The molecule has 3 rings (SSSR count). The molecule has 0 spiro atoms. The molecular formula is C13H11NO2. The van der Waals surface area contributed by atoms with Gasteiger partial charge in [-0.3, -0.25) is 0 Å². The van der Waals surface area contributed by atoms with Crippen LogP contribution in [-0.2, 0) is 6.61 Å². The van der Waals surface area contributed by atoms with Crippen molar-refractivity contribution in [3.63, 3.8) is 0 Å². The molecule has 16 heavy (non-hydrogen) atoms. The molecule has 3 heteroatoms. The zero-order chi connectivity index (χ0) is 11.1. The van der Waals surface area contributed by atoms with Gasteiger partial charge < -0.3 is 9.52 Å². The van der Waals surface area contributed by atoms with Crippen LogP contribution in [0.15, 0.2) is 34.7 Å². The largest absolute Gasteiger partial charge is 0.457 e. The maximum atomic E-state index is 9.05. The first-order valence-electron chi connectivity index (χ1n) is 5.18. The Labute approximate surface area is 92.3 Å². The minimum absolute atomic E-state index is 0.0911. The van der Waals surface area contributed by atoms with Gasteiger partial charge in [-0.25, -0.2) is 4.98 Å². The van der Waals surface area contributed by atoms with Crippen molar-refractivity contribution in [1.29, 1.82) is 0 Å². The van der Waals surface area contributed by atoms with Gasteiger partial charge in [0.2, 0.25) is 0 Å². The standard InChI is InChI=1S/C13H11NO2/c1-8-10-4-2-3-5-11(10)14-12-6-9(7-15)16-13(8)12/h2-6,15H,7H2,1H3. The van der Waals surface area contributed by atoms with E-state index >= 15 is 0 Å². The maximum absolute atomic E-state index is 9.05. The quantitative estimate of drug-likeness (QED) is 0.676. The molecular weight excluding hydrogens is 202 g/mol. The molecule has 2 aromatic heterocycles. The summed E-state index contributed by atoms with van der Waals surface area (Å²) in [6.45, 7) is 1.92. The molecule has 1 aromatic carbocycles. The fraction of sp³-hybridized carbons (Fsp3) is 0.154. The van der Waals surface area contributed by atoms with Gasteiger partial charge >= 0.3 is 0 Å². The second-order valence-corrected chi connectivity index (χ2v) is 3.84. The van der Waals surface area contributed by atoms with Crippen molar-refractivity contribution >= 4 is 22.0 Å². The minimum atomic E-state index is -0.0911. The van der Waals surface area contributed by atoms with Gasteiger partial charge in [0.05, 0.1) is 5.52 Å². The predicted molar refractivity (Wildman–Crippen MR) is 62.2 cm³/mol. The average molecular weight is 213 g/mol. The predicted octanol–water partition coefficient (Wildman–Crippen LogP) is 2.78. The normalized spacial score (nSPS) is 11.4. The number of nitrogens with zero attached hydrogens (tertiary/aromatic N) is 1. The van der Waals surface area contributed by atoms with Crippen molar-refractivity contribution in [2.24, 2.45) is 0 Å². The minimum Gasteiger partial charge on any atom is -0.457 e. The Morgan fingerprint density at radius 2 is 2.06 bits per heavy atom. The first-order valence-corrected chi connectivity index (χ1v) is 5.18. The van der Waals surface area contributed by atoms with Gasteiger partial charge in [0, 0.05) is 17.0 Å². The van der Waals surface area contributed by atoms with Crippen molar-refractivity contribution in [3.8, 4) is 0 Å². The smallest absolute Gasteiger partial charge is 0.156 e. The molecule has 3 aromatic rings. The summed E-state index contributed by atoms with van der Waals surface area (Å²) in [5.74, 6) is 0.556. The Hall–Kier alpha value is -1.87. The first-order chi connectivity index (χ1) is 7.79. The molecule has 0 bridgehead atoms. The Morgan fingerprint density at radius 1 is 1.25 bits per heavy atom. The molecule has 0 aliphatic rings. The third-order valence-corrected chi connectivity index (χ3v) is 2.81. The Balaban J connectivity index is 2.48. The number of hydrogen-bond acceptors (Lipinski definition) is 3. The highest BCUT2D eigenvalue weighted by molar-refractivity contribution is 5.94. The van der Waals surface area contributed by atoms with Gasteiger partial charge in [-0.05, 0) is 13.0 Å². The summed E-state index contributed by atoms with van der Waals surface area (Å²) in [5.41, 5.74) is 3.60. The van der Waals surface area contributed by atoms with Gasteiger partial charge in [0.15, 0.2) is 5.58 Å². The lowest BCUT2D eigenvalue weighted by Crippen LogP contribution is -1.83. The molecule has 0 fully saturated rings. The van der Waals surface area contributed by atoms with E-state index in [4.69, 9.17) is 9.52 Å². The SMILES string of the molecule is Cc1c2ccccc2nc2cc(CO)oc12. The van der Waals surface area contributed by atoms with Crippen LogP contribution >= 0.6 is 0 Å². The zero-order valence-corrected chi connectivity index (χ0v) is 8.90. The molecule has 2 heterocycles. The lowest BCUT2D eigenvalue weighted by Gasteiger charge is -2.01. The summed E-state index contributed by atoms with van der Waals surface area (Å²) >= 11 is 0. The van der Waals surface area contributed by atoms with Crippen LogP contribution in [0.2, 0.25) is 0 Å². The number of hydrogen-bond donors (Lipinski definition) is 1. The topological polar surface area (TPSA) is 46.3 Å². The number of fused-ring (bicyclic) bond motifs is 2. The number of aryl methyl sites for hydroxylation is 1. The molecule has 0 saturated carbocycles. The van der Waals surface area contributed by atoms with Crippen molar-refractivity contribution in [2.45, 2.75) is 13.5 Å². The molecule has 1 N–H and O–H groups in total. The summed E-state index contributed by atoms with van der Waals surface area (Å²) in [5, 5.41) is 10.1. The first kappa shape index (κ1) is 9.36. The van der Waals surface area contributed by atoms with Crippen molar-refractivity contribution in [1.82, 2.24) is 4.98 Å². The third kappa shape index (κ3) is 1.22. The summed E-state index contributed by atoms with van der Waals surface area (Å²) in [4.78, 5) is 4.50. The van der Waals surface area contributed by atoms with E-state index < -0.39 is 0 Å². The van der Waals surface area contributed by atoms with E-state index in [1.165, 1.54) is 0 Å². The lowest BCUT2D eigenvalue weighted by molar-refractivity contribution is 0.251. The summed E-state index contributed by atoms with van der Waals surface area (Å²) < 4.78 is 5.54.